The maximum atomic E-state index is 13.9. The van der Waals surface area contributed by atoms with Crippen LogP contribution >= 0.6 is 0 Å². The zero-order valence-corrected chi connectivity index (χ0v) is 22.3. The lowest BCUT2D eigenvalue weighted by atomic mass is 9.43. The van der Waals surface area contributed by atoms with Crippen LogP contribution in [0.25, 0.3) is 0 Å². The van der Waals surface area contributed by atoms with E-state index in [2.05, 4.69) is 41.5 Å². The van der Waals surface area contributed by atoms with Gasteiger partial charge in [-0.05, 0) is 80.5 Å². The molecule has 2 fully saturated rings. The summed E-state index contributed by atoms with van der Waals surface area (Å²) >= 11 is 0. The van der Waals surface area contributed by atoms with Crippen molar-refractivity contribution in [1.29, 1.82) is 0 Å². The minimum absolute atomic E-state index is 0.0478. The fraction of sp³-hybridized carbons (Fsp3) is 0.767. The second-order valence-electron chi connectivity index (χ2n) is 13.2. The van der Waals surface area contributed by atoms with Crippen molar-refractivity contribution in [1.82, 2.24) is 0 Å². The largest absolute Gasteiger partial charge is 0.478 e. The summed E-state index contributed by atoms with van der Waals surface area (Å²) in [5.41, 5.74) is 2.44. The molecule has 1 N–H and O–H groups in total. The third kappa shape index (κ3) is 3.41. The Morgan fingerprint density at radius 3 is 2.41 bits per heavy atom. The first kappa shape index (κ1) is 25.4. The summed E-state index contributed by atoms with van der Waals surface area (Å²) < 4.78 is 0. The molecule has 0 aromatic rings. The number of allylic oxidation sites excluding steroid dienone is 3. The number of carbonyl (C=O) groups excluding carboxylic acids is 2. The molecule has 4 heteroatoms. The molecule has 34 heavy (non-hydrogen) atoms. The summed E-state index contributed by atoms with van der Waals surface area (Å²) in [4.78, 5) is 37.8. The number of carboxylic acids is 1. The normalized spacial score (nSPS) is 40.5. The van der Waals surface area contributed by atoms with E-state index in [1.165, 1.54) is 5.57 Å². The van der Waals surface area contributed by atoms with Gasteiger partial charge in [0.05, 0.1) is 0 Å². The van der Waals surface area contributed by atoms with Gasteiger partial charge in [-0.3, -0.25) is 9.59 Å². The van der Waals surface area contributed by atoms with Crippen molar-refractivity contribution in [2.45, 2.75) is 106 Å². The second-order valence-corrected chi connectivity index (χ2v) is 13.2. The average Bonchev–Trinajstić information content (AvgIpc) is 3.04. The van der Waals surface area contributed by atoms with Gasteiger partial charge < -0.3 is 5.11 Å². The number of Topliss-reactive ketones (excluding diaryl/α,β-unsaturated/α-hetero) is 2. The van der Waals surface area contributed by atoms with Crippen LogP contribution in [0.1, 0.15) is 106 Å². The maximum absolute atomic E-state index is 13.9. The SMILES string of the molecule is C/C(=C/CC[C@@H](C)[C@H]1CC[C@@]2(C)C3=C(CC[C@]12C)[C@]1(C)CCC(=O)C(C)(C)[C@H]1CC3=O)C(=O)O. The van der Waals surface area contributed by atoms with Gasteiger partial charge >= 0.3 is 5.97 Å². The first-order valence-corrected chi connectivity index (χ1v) is 13.4. The van der Waals surface area contributed by atoms with Gasteiger partial charge in [0.25, 0.3) is 0 Å². The van der Waals surface area contributed by atoms with Crippen molar-refractivity contribution >= 4 is 17.5 Å². The minimum atomic E-state index is -0.838. The van der Waals surface area contributed by atoms with Crippen molar-refractivity contribution in [3.05, 3.63) is 22.8 Å². The summed E-state index contributed by atoms with van der Waals surface area (Å²) in [7, 11) is 0. The fourth-order valence-corrected chi connectivity index (χ4v) is 8.97. The molecule has 0 aromatic carbocycles. The molecule has 4 nitrogen and oxygen atoms in total. The lowest BCUT2D eigenvalue weighted by Crippen LogP contribution is -2.56. The number of hydrogen-bond donors (Lipinski definition) is 1. The van der Waals surface area contributed by atoms with Crippen LogP contribution in [0.15, 0.2) is 22.8 Å². The summed E-state index contributed by atoms with van der Waals surface area (Å²) in [5, 5.41) is 9.15. The Morgan fingerprint density at radius 1 is 1.09 bits per heavy atom. The molecule has 0 amide bonds. The highest BCUT2D eigenvalue weighted by molar-refractivity contribution is 6.00. The van der Waals surface area contributed by atoms with E-state index in [-0.39, 0.29) is 22.2 Å². The van der Waals surface area contributed by atoms with Gasteiger partial charge in [-0.1, -0.05) is 53.2 Å². The number of hydrogen-bond acceptors (Lipinski definition) is 3. The van der Waals surface area contributed by atoms with Crippen LogP contribution in [0.3, 0.4) is 0 Å². The summed E-state index contributed by atoms with van der Waals surface area (Å²) in [6.07, 6.45) is 9.91. The predicted molar refractivity (Wildman–Crippen MR) is 134 cm³/mol. The highest BCUT2D eigenvalue weighted by atomic mass is 16.4. The predicted octanol–water partition coefficient (Wildman–Crippen LogP) is 6.93. The van der Waals surface area contributed by atoms with Gasteiger partial charge in [0.2, 0.25) is 0 Å². The van der Waals surface area contributed by atoms with Crippen LogP contribution in [-0.2, 0) is 14.4 Å². The lowest BCUT2D eigenvalue weighted by Gasteiger charge is -2.60. The molecular formula is C30H44O4. The molecule has 0 aliphatic heterocycles. The van der Waals surface area contributed by atoms with Gasteiger partial charge in [0, 0.05) is 34.8 Å². The third-order valence-corrected chi connectivity index (χ3v) is 11.5. The quantitative estimate of drug-likeness (QED) is 0.444. The fourth-order valence-electron chi connectivity index (χ4n) is 8.97. The molecule has 0 saturated heterocycles. The van der Waals surface area contributed by atoms with E-state index in [0.29, 0.717) is 41.8 Å². The standard InChI is InChI=1S/C30H44O4/c1-18(9-8-10-19(2)26(33)34)20-11-16-30(7)25-21(12-15-29(20,30)6)28(5)14-13-24(32)27(3,4)23(28)17-22(25)31/h10,18,20,23H,8-9,11-17H2,1-7H3,(H,33,34)/b19-10-/t18-,20-,23-,28+,29-,30+/m1/s1. The van der Waals surface area contributed by atoms with E-state index in [0.717, 1.165) is 50.5 Å². The van der Waals surface area contributed by atoms with E-state index in [1.54, 1.807) is 6.92 Å². The molecule has 2 saturated carbocycles. The molecule has 6 atom stereocenters. The first-order valence-electron chi connectivity index (χ1n) is 13.4. The molecule has 4 rings (SSSR count). The number of carboxylic acid groups (broad SMARTS) is 1. The van der Waals surface area contributed by atoms with Crippen LogP contribution in [0.4, 0.5) is 0 Å². The zero-order valence-electron chi connectivity index (χ0n) is 22.3. The van der Waals surface area contributed by atoms with Gasteiger partial charge in [-0.15, -0.1) is 0 Å². The van der Waals surface area contributed by atoms with Crippen LogP contribution < -0.4 is 0 Å². The summed E-state index contributed by atoms with van der Waals surface area (Å²) in [6, 6.07) is 0. The van der Waals surface area contributed by atoms with E-state index in [1.807, 2.05) is 6.08 Å². The molecule has 0 aromatic heterocycles. The number of fused-ring (bicyclic) bond motifs is 4. The molecule has 0 unspecified atom stereocenters. The monoisotopic (exact) mass is 468 g/mol. The summed E-state index contributed by atoms with van der Waals surface area (Å²) in [5.74, 6) is 0.923. The molecular weight excluding hydrogens is 424 g/mol. The molecule has 0 heterocycles. The molecule has 0 radical (unpaired) electrons. The molecule has 4 aliphatic carbocycles. The van der Waals surface area contributed by atoms with Crippen molar-refractivity contribution in [2.24, 2.45) is 39.4 Å². The van der Waals surface area contributed by atoms with Crippen molar-refractivity contribution in [3.8, 4) is 0 Å². The van der Waals surface area contributed by atoms with Crippen LogP contribution in [0.5, 0.6) is 0 Å². The number of carbonyl (C=O) groups is 3. The van der Waals surface area contributed by atoms with E-state index in [4.69, 9.17) is 5.11 Å². The second kappa shape index (κ2) is 8.17. The Bertz CT molecular complexity index is 984. The number of aliphatic carboxylic acids is 1. The van der Waals surface area contributed by atoms with Crippen molar-refractivity contribution in [2.75, 3.05) is 0 Å². The minimum Gasteiger partial charge on any atom is -0.478 e. The Kier molecular flexibility index (Phi) is 6.10. The smallest absolute Gasteiger partial charge is 0.330 e. The summed E-state index contributed by atoms with van der Waals surface area (Å²) in [6.45, 7) is 15.3. The maximum Gasteiger partial charge on any atom is 0.330 e. The van der Waals surface area contributed by atoms with Gasteiger partial charge in [-0.25, -0.2) is 4.79 Å². The Balaban J connectivity index is 1.66. The highest BCUT2D eigenvalue weighted by Crippen LogP contribution is 2.71. The molecule has 0 bridgehead atoms. The first-order chi connectivity index (χ1) is 15.7. The van der Waals surface area contributed by atoms with Crippen LogP contribution in [-0.4, -0.2) is 22.6 Å². The van der Waals surface area contributed by atoms with E-state index < -0.39 is 11.4 Å². The van der Waals surface area contributed by atoms with E-state index >= 15 is 0 Å². The molecule has 188 valence electrons. The lowest BCUT2D eigenvalue weighted by molar-refractivity contribution is -0.142. The van der Waals surface area contributed by atoms with Crippen molar-refractivity contribution in [3.63, 3.8) is 0 Å². The van der Waals surface area contributed by atoms with Crippen LogP contribution in [0.2, 0.25) is 0 Å². The van der Waals surface area contributed by atoms with Gasteiger partial charge in [-0.2, -0.15) is 0 Å². The Hall–Kier alpha value is -1.71. The van der Waals surface area contributed by atoms with Gasteiger partial charge in [0.1, 0.15) is 5.78 Å². The third-order valence-electron chi connectivity index (χ3n) is 11.5. The number of ketones is 2. The van der Waals surface area contributed by atoms with Gasteiger partial charge in [0.15, 0.2) is 5.78 Å². The molecule has 0 spiro atoms. The average molecular weight is 469 g/mol. The number of rotatable bonds is 5. The van der Waals surface area contributed by atoms with Crippen LogP contribution in [0, 0.1) is 39.4 Å². The zero-order chi connectivity index (χ0) is 25.3. The Morgan fingerprint density at radius 2 is 1.76 bits per heavy atom. The Labute approximate surface area is 205 Å². The topological polar surface area (TPSA) is 71.4 Å². The van der Waals surface area contributed by atoms with E-state index in [9.17, 15) is 14.4 Å². The molecule has 4 aliphatic rings. The van der Waals surface area contributed by atoms with Crippen molar-refractivity contribution < 1.29 is 19.5 Å². The highest BCUT2D eigenvalue weighted by Gasteiger charge is 2.65.